The molecule has 0 N–H and O–H groups in total. The van der Waals surface area contributed by atoms with Crippen LogP contribution < -0.4 is 4.90 Å². The SMILES string of the molecule is COC(=O)C(C)N(C)c1c(C)cccc1C.COCC=O. The molecule has 0 fully saturated rings. The summed E-state index contributed by atoms with van der Waals surface area (Å²) in [5, 5.41) is 0. The van der Waals surface area contributed by atoms with E-state index < -0.39 is 0 Å². The molecular weight excluding hydrogens is 270 g/mol. The fraction of sp³-hybridized carbons (Fsp3) is 0.500. The molecule has 1 unspecified atom stereocenters. The van der Waals surface area contributed by atoms with Crippen LogP contribution in [0.2, 0.25) is 0 Å². The number of ether oxygens (including phenoxy) is 2. The van der Waals surface area contributed by atoms with Crippen molar-refractivity contribution in [1.82, 2.24) is 0 Å². The van der Waals surface area contributed by atoms with Crippen molar-refractivity contribution in [3.63, 3.8) is 0 Å². The molecule has 1 rings (SSSR count). The second-order valence-corrected chi connectivity index (χ2v) is 4.67. The summed E-state index contributed by atoms with van der Waals surface area (Å²) in [6.45, 7) is 6.14. The van der Waals surface area contributed by atoms with E-state index in [1.165, 1.54) is 25.3 Å². The van der Waals surface area contributed by atoms with Crippen molar-refractivity contribution in [2.75, 3.05) is 32.8 Å². The molecule has 0 saturated heterocycles. The Hall–Kier alpha value is -1.88. The molecular formula is C16H25NO4. The first kappa shape index (κ1) is 19.1. The number of nitrogens with zero attached hydrogens (tertiary/aromatic N) is 1. The molecule has 0 aliphatic heterocycles. The Balaban J connectivity index is 0.000000690. The maximum Gasteiger partial charge on any atom is 0.328 e. The van der Waals surface area contributed by atoms with Gasteiger partial charge in [0.1, 0.15) is 18.9 Å². The largest absolute Gasteiger partial charge is 0.467 e. The number of rotatable bonds is 5. The lowest BCUT2D eigenvalue weighted by atomic mass is 10.1. The molecule has 118 valence electrons. The van der Waals surface area contributed by atoms with Gasteiger partial charge in [-0.3, -0.25) is 0 Å². The van der Waals surface area contributed by atoms with Crippen molar-refractivity contribution >= 4 is 17.9 Å². The summed E-state index contributed by atoms with van der Waals surface area (Å²) in [6.07, 6.45) is 0.708. The Labute approximate surface area is 126 Å². The highest BCUT2D eigenvalue weighted by Gasteiger charge is 2.20. The van der Waals surface area contributed by atoms with Crippen molar-refractivity contribution in [3.05, 3.63) is 29.3 Å². The third-order valence-corrected chi connectivity index (χ3v) is 3.15. The van der Waals surface area contributed by atoms with Crippen LogP contribution in [0, 0.1) is 13.8 Å². The lowest BCUT2D eigenvalue weighted by molar-refractivity contribution is -0.141. The molecule has 1 aromatic carbocycles. The number of benzene rings is 1. The van der Waals surface area contributed by atoms with E-state index in [2.05, 4.69) is 4.74 Å². The van der Waals surface area contributed by atoms with Crippen molar-refractivity contribution in [3.8, 4) is 0 Å². The number of aryl methyl sites for hydroxylation is 2. The van der Waals surface area contributed by atoms with Gasteiger partial charge in [0.2, 0.25) is 0 Å². The monoisotopic (exact) mass is 295 g/mol. The van der Waals surface area contributed by atoms with Crippen molar-refractivity contribution in [1.29, 1.82) is 0 Å². The second-order valence-electron chi connectivity index (χ2n) is 4.67. The van der Waals surface area contributed by atoms with Crippen molar-refractivity contribution in [2.45, 2.75) is 26.8 Å². The van der Waals surface area contributed by atoms with Gasteiger partial charge in [-0.25, -0.2) is 4.79 Å². The Bertz CT molecular complexity index is 439. The van der Waals surface area contributed by atoms with Gasteiger partial charge >= 0.3 is 5.97 Å². The van der Waals surface area contributed by atoms with Crippen molar-refractivity contribution in [2.24, 2.45) is 0 Å². The van der Waals surface area contributed by atoms with Gasteiger partial charge in [-0.1, -0.05) is 18.2 Å². The minimum atomic E-state index is -0.273. The molecule has 1 aromatic rings. The quantitative estimate of drug-likeness (QED) is 0.615. The number of carbonyl (C=O) groups is 2. The van der Waals surface area contributed by atoms with E-state index in [4.69, 9.17) is 4.74 Å². The number of aldehydes is 1. The van der Waals surface area contributed by atoms with Crippen LogP contribution in [0.5, 0.6) is 0 Å². The van der Waals surface area contributed by atoms with E-state index in [9.17, 15) is 9.59 Å². The normalized spacial score (nSPS) is 11.0. The standard InChI is InChI=1S/C13H19NO2.C3H6O2/c1-9-7-6-8-10(2)12(9)14(4)11(3)13(15)16-5;1-5-3-2-4/h6-8,11H,1-5H3;2H,3H2,1H3. The molecule has 0 aliphatic carbocycles. The number of anilines is 1. The molecule has 5 heteroatoms. The Morgan fingerprint density at radius 2 is 1.81 bits per heavy atom. The van der Waals surface area contributed by atoms with Crippen LogP contribution in [0.25, 0.3) is 0 Å². The molecule has 0 aromatic heterocycles. The maximum atomic E-state index is 11.5. The number of hydrogen-bond acceptors (Lipinski definition) is 5. The molecule has 0 aliphatic rings. The molecule has 0 bridgehead atoms. The van der Waals surface area contributed by atoms with Crippen LogP contribution in [0.1, 0.15) is 18.1 Å². The van der Waals surface area contributed by atoms with Crippen LogP contribution in [-0.2, 0) is 19.1 Å². The molecule has 0 saturated carbocycles. The molecule has 0 heterocycles. The number of methoxy groups -OCH3 is 2. The minimum Gasteiger partial charge on any atom is -0.467 e. The first-order valence-corrected chi connectivity index (χ1v) is 6.70. The highest BCUT2D eigenvalue weighted by atomic mass is 16.5. The summed E-state index contributed by atoms with van der Waals surface area (Å²) in [4.78, 5) is 22.7. The fourth-order valence-electron chi connectivity index (χ4n) is 1.95. The van der Waals surface area contributed by atoms with Gasteiger partial charge in [0.25, 0.3) is 0 Å². The molecule has 5 nitrogen and oxygen atoms in total. The highest BCUT2D eigenvalue weighted by Crippen LogP contribution is 2.25. The Morgan fingerprint density at radius 1 is 1.29 bits per heavy atom. The summed E-state index contributed by atoms with van der Waals surface area (Å²) < 4.78 is 9.08. The summed E-state index contributed by atoms with van der Waals surface area (Å²) in [5.74, 6) is -0.217. The molecule has 21 heavy (non-hydrogen) atoms. The first-order chi connectivity index (χ1) is 9.90. The molecule has 0 radical (unpaired) electrons. The summed E-state index contributed by atoms with van der Waals surface area (Å²) >= 11 is 0. The van der Waals surface area contributed by atoms with Gasteiger partial charge in [-0.2, -0.15) is 0 Å². The van der Waals surface area contributed by atoms with Gasteiger partial charge in [0.15, 0.2) is 0 Å². The number of para-hydroxylation sites is 1. The number of hydrogen-bond donors (Lipinski definition) is 0. The predicted octanol–water partition coefficient (Wildman–Crippen LogP) is 2.13. The van der Waals surface area contributed by atoms with E-state index in [1.807, 2.05) is 50.9 Å². The van der Waals surface area contributed by atoms with Gasteiger partial charge in [0, 0.05) is 19.8 Å². The fourth-order valence-corrected chi connectivity index (χ4v) is 1.95. The Kier molecular flexibility index (Phi) is 9.05. The molecule has 0 spiro atoms. The highest BCUT2D eigenvalue weighted by molar-refractivity contribution is 5.80. The first-order valence-electron chi connectivity index (χ1n) is 6.70. The summed E-state index contributed by atoms with van der Waals surface area (Å²) in [5.41, 5.74) is 3.43. The topological polar surface area (TPSA) is 55.8 Å². The van der Waals surface area contributed by atoms with Crippen LogP contribution in [0.3, 0.4) is 0 Å². The summed E-state index contributed by atoms with van der Waals surface area (Å²) in [7, 11) is 4.81. The maximum absolute atomic E-state index is 11.5. The van der Waals surface area contributed by atoms with Gasteiger partial charge in [-0.05, 0) is 31.9 Å². The zero-order valence-corrected chi connectivity index (χ0v) is 13.7. The van der Waals surface area contributed by atoms with Gasteiger partial charge in [0.05, 0.1) is 7.11 Å². The second kappa shape index (κ2) is 9.94. The average Bonchev–Trinajstić information content (AvgIpc) is 2.46. The van der Waals surface area contributed by atoms with Crippen molar-refractivity contribution < 1.29 is 19.1 Å². The van der Waals surface area contributed by atoms with E-state index in [0.29, 0.717) is 6.29 Å². The lowest BCUT2D eigenvalue weighted by Crippen LogP contribution is -2.37. The number of carbonyl (C=O) groups excluding carboxylic acids is 2. The van der Waals surface area contributed by atoms with Gasteiger partial charge in [-0.15, -0.1) is 0 Å². The lowest BCUT2D eigenvalue weighted by Gasteiger charge is -2.28. The van der Waals surface area contributed by atoms with E-state index in [0.717, 1.165) is 5.69 Å². The zero-order valence-electron chi connectivity index (χ0n) is 13.7. The summed E-state index contributed by atoms with van der Waals surface area (Å²) in [6, 6.07) is 5.83. The average molecular weight is 295 g/mol. The molecule has 0 amide bonds. The van der Waals surface area contributed by atoms with Gasteiger partial charge < -0.3 is 19.2 Å². The Morgan fingerprint density at radius 3 is 2.14 bits per heavy atom. The van der Waals surface area contributed by atoms with Crippen LogP contribution in [-0.4, -0.2) is 46.2 Å². The predicted molar refractivity (Wildman–Crippen MR) is 83.7 cm³/mol. The zero-order chi connectivity index (χ0) is 16.4. The smallest absolute Gasteiger partial charge is 0.328 e. The van der Waals surface area contributed by atoms with E-state index >= 15 is 0 Å². The third-order valence-electron chi connectivity index (χ3n) is 3.15. The molecule has 1 atom stereocenters. The van der Waals surface area contributed by atoms with E-state index in [-0.39, 0.29) is 18.6 Å². The number of likely N-dealkylation sites (N-methyl/N-ethyl adjacent to an activating group) is 1. The van der Waals surface area contributed by atoms with Crippen LogP contribution >= 0.6 is 0 Å². The van der Waals surface area contributed by atoms with E-state index in [1.54, 1.807) is 0 Å². The third kappa shape index (κ3) is 5.95. The van der Waals surface area contributed by atoms with Crippen LogP contribution in [0.4, 0.5) is 5.69 Å². The number of esters is 1. The minimum absolute atomic E-state index is 0.208. The van der Waals surface area contributed by atoms with Crippen LogP contribution in [0.15, 0.2) is 18.2 Å².